The molecule has 0 atom stereocenters. The summed E-state index contributed by atoms with van der Waals surface area (Å²) >= 11 is 0. The van der Waals surface area contributed by atoms with E-state index in [4.69, 9.17) is 0 Å². The molecule has 1 rings (SSSR count). The summed E-state index contributed by atoms with van der Waals surface area (Å²) in [4.78, 5) is 2.37. The smallest absolute Gasteiger partial charge is 0.0351 e. The maximum Gasteiger partial charge on any atom is 0.0351 e. The van der Waals surface area contributed by atoms with E-state index in [9.17, 15) is 0 Å². The number of ether oxygens (including phenoxy) is 1. The second kappa shape index (κ2) is 3.94. The van der Waals surface area contributed by atoms with E-state index in [1.165, 1.54) is 13.0 Å². The number of hydrogen-bond acceptors (Lipinski definition) is 2. The minimum absolute atomic E-state index is 0.514. The zero-order valence-corrected chi connectivity index (χ0v) is 7.77. The molecule has 1 heterocycles. The van der Waals surface area contributed by atoms with Crippen molar-refractivity contribution in [2.24, 2.45) is 0 Å². The van der Waals surface area contributed by atoms with Gasteiger partial charge in [0.05, 0.1) is 0 Å². The molecule has 0 radical (unpaired) electrons. The van der Waals surface area contributed by atoms with E-state index in [0.717, 1.165) is 0 Å². The first-order valence-electron chi connectivity index (χ1n) is 3.66. The molecule has 0 amide bonds. The van der Waals surface area contributed by atoms with Crippen LogP contribution in [0.2, 0.25) is 0 Å². The molecule has 0 N–H and O–H groups in total. The van der Waals surface area contributed by atoms with Crippen molar-refractivity contribution in [1.29, 1.82) is 0 Å². The molecular weight excluding hydrogens is 126 g/mol. The Morgan fingerprint density at radius 1 is 1.30 bits per heavy atom. The average molecular weight is 145 g/mol. The van der Waals surface area contributed by atoms with Crippen molar-refractivity contribution in [3.05, 3.63) is 0 Å². The number of likely N-dealkylation sites (tertiary alicyclic amines) is 1. The highest BCUT2D eigenvalue weighted by Gasteiger charge is 2.31. The molecule has 0 aromatic rings. The summed E-state index contributed by atoms with van der Waals surface area (Å²) in [7, 11) is 5.42. The summed E-state index contributed by atoms with van der Waals surface area (Å²) in [5.41, 5.74) is 0.514. The van der Waals surface area contributed by atoms with Gasteiger partial charge in [-0.05, 0) is 27.3 Å². The lowest BCUT2D eigenvalue weighted by atomic mass is 9.90. The van der Waals surface area contributed by atoms with E-state index in [1.54, 1.807) is 14.2 Å². The molecule has 0 aliphatic carbocycles. The molecule has 0 bridgehead atoms. The molecule has 10 heavy (non-hydrogen) atoms. The van der Waals surface area contributed by atoms with Crippen molar-refractivity contribution in [2.45, 2.75) is 25.8 Å². The molecule has 1 aliphatic rings. The Morgan fingerprint density at radius 2 is 1.60 bits per heavy atom. The Hall–Kier alpha value is -0.0800. The molecule has 2 nitrogen and oxygen atoms in total. The Morgan fingerprint density at radius 3 is 1.60 bits per heavy atom. The first-order valence-corrected chi connectivity index (χ1v) is 3.66. The fourth-order valence-electron chi connectivity index (χ4n) is 0.783. The molecule has 1 fully saturated rings. The topological polar surface area (TPSA) is 12.5 Å². The fraction of sp³-hybridized carbons (Fsp3) is 1.00. The van der Waals surface area contributed by atoms with E-state index in [2.05, 4.69) is 30.5 Å². The van der Waals surface area contributed by atoms with Crippen molar-refractivity contribution in [2.75, 3.05) is 27.8 Å². The van der Waals surface area contributed by atoms with Crippen molar-refractivity contribution in [3.63, 3.8) is 0 Å². The number of hydrogen-bond donors (Lipinski definition) is 0. The van der Waals surface area contributed by atoms with Gasteiger partial charge in [-0.3, -0.25) is 0 Å². The van der Waals surface area contributed by atoms with E-state index >= 15 is 0 Å². The lowest BCUT2D eigenvalue weighted by Crippen LogP contribution is -2.52. The van der Waals surface area contributed by atoms with Crippen LogP contribution in [0.5, 0.6) is 0 Å². The standard InChI is InChI=1S/C6H13N.C2H6O/c1-6(2)4-5-7(6)3;1-3-2/h4-5H2,1-3H3;1-2H3. The third-order valence-electron chi connectivity index (χ3n) is 2.09. The van der Waals surface area contributed by atoms with Crippen LogP contribution in [0.15, 0.2) is 0 Å². The fourth-order valence-corrected chi connectivity index (χ4v) is 0.783. The number of nitrogens with zero attached hydrogens (tertiary/aromatic N) is 1. The molecule has 0 spiro atoms. The van der Waals surface area contributed by atoms with Gasteiger partial charge in [-0.25, -0.2) is 0 Å². The van der Waals surface area contributed by atoms with Gasteiger partial charge >= 0.3 is 0 Å². The summed E-state index contributed by atoms with van der Waals surface area (Å²) in [5.74, 6) is 0. The summed E-state index contributed by atoms with van der Waals surface area (Å²) in [5, 5.41) is 0. The summed E-state index contributed by atoms with van der Waals surface area (Å²) < 4.78 is 4.25. The highest BCUT2D eigenvalue weighted by molar-refractivity contribution is 4.88. The van der Waals surface area contributed by atoms with Gasteiger partial charge < -0.3 is 9.64 Å². The number of rotatable bonds is 0. The average Bonchev–Trinajstić information content (AvgIpc) is 1.87. The molecule has 62 valence electrons. The number of methoxy groups -OCH3 is 1. The summed E-state index contributed by atoms with van der Waals surface area (Å²) in [6.07, 6.45) is 1.36. The van der Waals surface area contributed by atoms with E-state index < -0.39 is 0 Å². The molecule has 0 aromatic heterocycles. The van der Waals surface area contributed by atoms with Crippen molar-refractivity contribution < 1.29 is 4.74 Å². The Bertz CT molecular complexity index is 91.3. The second-order valence-electron chi connectivity index (χ2n) is 3.39. The molecular formula is C8H19NO. The van der Waals surface area contributed by atoms with Crippen LogP contribution in [0, 0.1) is 0 Å². The van der Waals surface area contributed by atoms with Gasteiger partial charge in [0.2, 0.25) is 0 Å². The Kier molecular flexibility index (Phi) is 3.91. The van der Waals surface area contributed by atoms with Crippen LogP contribution in [0.25, 0.3) is 0 Å². The van der Waals surface area contributed by atoms with Gasteiger partial charge in [0.25, 0.3) is 0 Å². The quantitative estimate of drug-likeness (QED) is 0.510. The van der Waals surface area contributed by atoms with Gasteiger partial charge in [0, 0.05) is 26.3 Å². The van der Waals surface area contributed by atoms with E-state index in [0.29, 0.717) is 5.54 Å². The van der Waals surface area contributed by atoms with Gasteiger partial charge in [-0.2, -0.15) is 0 Å². The SMILES string of the molecule is CN1CCC1(C)C.COC. The first kappa shape index (κ1) is 9.92. The van der Waals surface area contributed by atoms with Gasteiger partial charge in [0.15, 0.2) is 0 Å². The largest absolute Gasteiger partial charge is 0.388 e. The highest BCUT2D eigenvalue weighted by atomic mass is 16.4. The van der Waals surface area contributed by atoms with Crippen LogP contribution in [0.3, 0.4) is 0 Å². The van der Waals surface area contributed by atoms with Crippen molar-refractivity contribution in [1.82, 2.24) is 4.90 Å². The molecule has 1 saturated heterocycles. The third kappa shape index (κ3) is 2.67. The molecule has 1 aliphatic heterocycles. The van der Waals surface area contributed by atoms with Crippen LogP contribution in [0.1, 0.15) is 20.3 Å². The molecule has 0 saturated carbocycles. The summed E-state index contributed by atoms with van der Waals surface area (Å²) in [6.45, 7) is 5.83. The predicted octanol–water partition coefficient (Wildman–Crippen LogP) is 1.36. The predicted molar refractivity (Wildman–Crippen MR) is 44.3 cm³/mol. The zero-order valence-electron chi connectivity index (χ0n) is 7.77. The second-order valence-corrected chi connectivity index (χ2v) is 3.39. The van der Waals surface area contributed by atoms with Gasteiger partial charge in [0.1, 0.15) is 0 Å². The monoisotopic (exact) mass is 145 g/mol. The van der Waals surface area contributed by atoms with E-state index in [1.807, 2.05) is 0 Å². The van der Waals surface area contributed by atoms with Crippen LogP contribution in [-0.4, -0.2) is 38.3 Å². The lowest BCUT2D eigenvalue weighted by Gasteiger charge is -2.45. The highest BCUT2D eigenvalue weighted by Crippen LogP contribution is 2.26. The van der Waals surface area contributed by atoms with Crippen LogP contribution >= 0.6 is 0 Å². The van der Waals surface area contributed by atoms with Crippen molar-refractivity contribution >= 4 is 0 Å². The van der Waals surface area contributed by atoms with E-state index in [-0.39, 0.29) is 0 Å². The molecule has 2 heteroatoms. The molecule has 0 aromatic carbocycles. The van der Waals surface area contributed by atoms with Gasteiger partial charge in [-0.1, -0.05) is 0 Å². The third-order valence-corrected chi connectivity index (χ3v) is 2.09. The maximum atomic E-state index is 4.25. The summed E-state index contributed by atoms with van der Waals surface area (Å²) in [6, 6.07) is 0. The normalized spacial score (nSPS) is 22.5. The van der Waals surface area contributed by atoms with Crippen LogP contribution < -0.4 is 0 Å². The maximum absolute atomic E-state index is 4.25. The zero-order chi connectivity index (χ0) is 8.20. The Balaban J connectivity index is 0.000000236. The van der Waals surface area contributed by atoms with Gasteiger partial charge in [-0.15, -0.1) is 0 Å². The van der Waals surface area contributed by atoms with Crippen LogP contribution in [-0.2, 0) is 4.74 Å². The first-order chi connectivity index (χ1) is 4.54. The minimum atomic E-state index is 0.514. The Labute approximate surface area is 64.2 Å². The minimum Gasteiger partial charge on any atom is -0.388 e. The van der Waals surface area contributed by atoms with Crippen LogP contribution in [0.4, 0.5) is 0 Å². The lowest BCUT2D eigenvalue weighted by molar-refractivity contribution is 0.0451. The molecule has 0 unspecified atom stereocenters. The van der Waals surface area contributed by atoms with Crippen molar-refractivity contribution in [3.8, 4) is 0 Å².